The minimum absolute atomic E-state index is 0.0143. The van der Waals surface area contributed by atoms with Gasteiger partial charge in [-0.1, -0.05) is 0 Å². The van der Waals surface area contributed by atoms with Crippen molar-refractivity contribution in [3.8, 4) is 6.07 Å². The van der Waals surface area contributed by atoms with E-state index in [-0.39, 0.29) is 5.92 Å². The van der Waals surface area contributed by atoms with Crippen LogP contribution in [0.3, 0.4) is 0 Å². The summed E-state index contributed by atoms with van der Waals surface area (Å²) >= 11 is 0. The maximum atomic E-state index is 8.68. The average molecular weight is 190 g/mol. The van der Waals surface area contributed by atoms with Crippen molar-refractivity contribution in [2.45, 2.75) is 6.92 Å². The molecular formula is C10H14N4. The van der Waals surface area contributed by atoms with Crippen molar-refractivity contribution in [3.05, 3.63) is 18.5 Å². The van der Waals surface area contributed by atoms with Crippen molar-refractivity contribution < 1.29 is 0 Å². The summed E-state index contributed by atoms with van der Waals surface area (Å²) in [6.45, 7) is 2.54. The minimum Gasteiger partial charge on any atom is -0.397 e. The number of rotatable bonds is 3. The molecule has 2 N–H and O–H groups in total. The summed E-state index contributed by atoms with van der Waals surface area (Å²) in [4.78, 5) is 5.94. The Kier molecular flexibility index (Phi) is 3.29. The van der Waals surface area contributed by atoms with Gasteiger partial charge in [0, 0.05) is 19.8 Å². The van der Waals surface area contributed by atoms with E-state index in [2.05, 4.69) is 11.1 Å². The maximum Gasteiger partial charge on any atom is 0.0784 e. The fourth-order valence-corrected chi connectivity index (χ4v) is 1.27. The zero-order chi connectivity index (χ0) is 10.6. The van der Waals surface area contributed by atoms with Gasteiger partial charge >= 0.3 is 0 Å². The number of pyridine rings is 1. The number of nitrogens with two attached hydrogens (primary N) is 1. The van der Waals surface area contributed by atoms with Crippen molar-refractivity contribution in [2.75, 3.05) is 24.2 Å². The lowest BCUT2D eigenvalue weighted by Gasteiger charge is -2.21. The van der Waals surface area contributed by atoms with Gasteiger partial charge < -0.3 is 10.6 Å². The normalized spacial score (nSPS) is 11.8. The highest BCUT2D eigenvalue weighted by molar-refractivity contribution is 5.65. The van der Waals surface area contributed by atoms with Gasteiger partial charge in [-0.3, -0.25) is 4.98 Å². The Morgan fingerprint density at radius 1 is 1.71 bits per heavy atom. The first-order chi connectivity index (χ1) is 6.65. The molecule has 1 atom stereocenters. The number of nitrogen functional groups attached to an aromatic ring is 1. The van der Waals surface area contributed by atoms with Crippen LogP contribution in [0.25, 0.3) is 0 Å². The lowest BCUT2D eigenvalue weighted by molar-refractivity contribution is 0.716. The van der Waals surface area contributed by atoms with Gasteiger partial charge in [0.2, 0.25) is 0 Å². The first-order valence-electron chi connectivity index (χ1n) is 4.45. The lowest BCUT2D eigenvalue weighted by atomic mass is 10.2. The molecule has 0 aromatic carbocycles. The van der Waals surface area contributed by atoms with Gasteiger partial charge in [-0.25, -0.2) is 0 Å². The monoisotopic (exact) mass is 190 g/mol. The molecule has 1 aromatic heterocycles. The summed E-state index contributed by atoms with van der Waals surface area (Å²) in [6.07, 6.45) is 3.36. The first-order valence-corrected chi connectivity index (χ1v) is 4.45. The molecule has 4 heteroatoms. The molecule has 4 nitrogen and oxygen atoms in total. The third-order valence-corrected chi connectivity index (χ3v) is 2.01. The molecule has 0 radical (unpaired) electrons. The van der Waals surface area contributed by atoms with Crippen LogP contribution in [0.4, 0.5) is 11.4 Å². The highest BCUT2D eigenvalue weighted by atomic mass is 15.1. The second kappa shape index (κ2) is 4.47. The summed E-state index contributed by atoms with van der Waals surface area (Å²) in [5.41, 5.74) is 7.33. The quantitative estimate of drug-likeness (QED) is 0.779. The van der Waals surface area contributed by atoms with E-state index >= 15 is 0 Å². The number of anilines is 2. The van der Waals surface area contributed by atoms with Gasteiger partial charge in [0.25, 0.3) is 0 Å². The molecule has 0 aliphatic carbocycles. The van der Waals surface area contributed by atoms with Crippen LogP contribution in [-0.4, -0.2) is 18.6 Å². The van der Waals surface area contributed by atoms with Gasteiger partial charge in [-0.2, -0.15) is 5.26 Å². The van der Waals surface area contributed by atoms with Crippen LogP contribution >= 0.6 is 0 Å². The SMILES string of the molecule is CC(C#N)CN(C)c1cnccc1N. The molecule has 0 amide bonds. The number of nitrogens with zero attached hydrogens (tertiary/aromatic N) is 3. The zero-order valence-corrected chi connectivity index (χ0v) is 8.44. The van der Waals surface area contributed by atoms with E-state index in [0.717, 1.165) is 5.69 Å². The molecule has 1 heterocycles. The number of hydrogen-bond acceptors (Lipinski definition) is 4. The van der Waals surface area contributed by atoms with E-state index in [9.17, 15) is 0 Å². The molecule has 0 saturated heterocycles. The standard InChI is InChI=1S/C10H14N4/c1-8(5-11)7-14(2)10-6-13-4-3-9(10)12/h3-4,6,8H,7H2,1-2H3,(H2,12,13). The molecule has 0 aliphatic rings. The van der Waals surface area contributed by atoms with Crippen molar-refractivity contribution in [1.82, 2.24) is 4.98 Å². The highest BCUT2D eigenvalue weighted by Gasteiger charge is 2.08. The third-order valence-electron chi connectivity index (χ3n) is 2.01. The van der Waals surface area contributed by atoms with E-state index in [1.54, 1.807) is 18.5 Å². The largest absolute Gasteiger partial charge is 0.397 e. The van der Waals surface area contributed by atoms with E-state index in [4.69, 9.17) is 11.0 Å². The van der Waals surface area contributed by atoms with E-state index in [1.807, 2.05) is 18.9 Å². The zero-order valence-electron chi connectivity index (χ0n) is 8.44. The lowest BCUT2D eigenvalue weighted by Crippen LogP contribution is -2.24. The molecule has 0 bridgehead atoms. The van der Waals surface area contributed by atoms with Crippen molar-refractivity contribution in [3.63, 3.8) is 0 Å². The average Bonchev–Trinajstić information content (AvgIpc) is 2.18. The Labute approximate surface area is 84.0 Å². The number of aromatic nitrogens is 1. The minimum atomic E-state index is -0.0143. The summed E-state index contributed by atoms with van der Waals surface area (Å²) in [5.74, 6) is -0.0143. The summed E-state index contributed by atoms with van der Waals surface area (Å²) in [7, 11) is 1.90. The topological polar surface area (TPSA) is 65.9 Å². The Morgan fingerprint density at radius 2 is 2.43 bits per heavy atom. The predicted octanol–water partition coefficient (Wildman–Crippen LogP) is 1.26. The molecule has 0 spiro atoms. The summed E-state index contributed by atoms with van der Waals surface area (Å²) in [6, 6.07) is 3.94. The van der Waals surface area contributed by atoms with Crippen molar-refractivity contribution in [1.29, 1.82) is 5.26 Å². The molecule has 0 saturated carbocycles. The Morgan fingerprint density at radius 3 is 3.00 bits per heavy atom. The fraction of sp³-hybridized carbons (Fsp3) is 0.400. The van der Waals surface area contributed by atoms with E-state index in [0.29, 0.717) is 12.2 Å². The van der Waals surface area contributed by atoms with Crippen LogP contribution in [-0.2, 0) is 0 Å². The van der Waals surface area contributed by atoms with E-state index in [1.165, 1.54) is 0 Å². The predicted molar refractivity (Wildman–Crippen MR) is 56.7 cm³/mol. The van der Waals surface area contributed by atoms with Crippen LogP contribution in [0.5, 0.6) is 0 Å². The molecule has 1 rings (SSSR count). The van der Waals surface area contributed by atoms with Gasteiger partial charge in [0.15, 0.2) is 0 Å². The number of hydrogen-bond donors (Lipinski definition) is 1. The van der Waals surface area contributed by atoms with Crippen molar-refractivity contribution >= 4 is 11.4 Å². The molecule has 0 aliphatic heterocycles. The molecule has 0 fully saturated rings. The first kappa shape index (κ1) is 10.3. The molecule has 74 valence electrons. The summed E-state index contributed by atoms with van der Waals surface area (Å²) in [5, 5.41) is 8.68. The Hall–Kier alpha value is -1.76. The second-order valence-corrected chi connectivity index (χ2v) is 3.35. The smallest absolute Gasteiger partial charge is 0.0784 e. The Bertz CT molecular complexity index is 342. The van der Waals surface area contributed by atoms with Crippen molar-refractivity contribution in [2.24, 2.45) is 5.92 Å². The molecular weight excluding hydrogens is 176 g/mol. The van der Waals surface area contributed by atoms with Gasteiger partial charge in [0.05, 0.1) is 29.6 Å². The van der Waals surface area contributed by atoms with Crippen LogP contribution in [0.2, 0.25) is 0 Å². The fourth-order valence-electron chi connectivity index (χ4n) is 1.27. The summed E-state index contributed by atoms with van der Waals surface area (Å²) < 4.78 is 0. The van der Waals surface area contributed by atoms with Crippen LogP contribution in [0.15, 0.2) is 18.5 Å². The highest BCUT2D eigenvalue weighted by Crippen LogP contribution is 2.20. The van der Waals surface area contributed by atoms with Crippen LogP contribution in [0, 0.1) is 17.2 Å². The number of nitriles is 1. The second-order valence-electron chi connectivity index (χ2n) is 3.35. The molecule has 14 heavy (non-hydrogen) atoms. The van der Waals surface area contributed by atoms with Crippen LogP contribution < -0.4 is 10.6 Å². The van der Waals surface area contributed by atoms with E-state index < -0.39 is 0 Å². The van der Waals surface area contributed by atoms with Gasteiger partial charge in [-0.05, 0) is 13.0 Å². The van der Waals surface area contributed by atoms with Crippen LogP contribution in [0.1, 0.15) is 6.92 Å². The molecule has 1 aromatic rings. The molecule has 1 unspecified atom stereocenters. The van der Waals surface area contributed by atoms with Gasteiger partial charge in [0.1, 0.15) is 0 Å². The Balaban J connectivity index is 2.75. The maximum absolute atomic E-state index is 8.68. The third kappa shape index (κ3) is 2.36. The van der Waals surface area contributed by atoms with Gasteiger partial charge in [-0.15, -0.1) is 0 Å².